The number of para-hydroxylation sites is 1. The summed E-state index contributed by atoms with van der Waals surface area (Å²) in [5.74, 6) is -10.2. The van der Waals surface area contributed by atoms with Crippen LogP contribution in [0.3, 0.4) is 0 Å². The number of aromatic amines is 1. The van der Waals surface area contributed by atoms with Gasteiger partial charge in [0, 0.05) is 42.8 Å². The van der Waals surface area contributed by atoms with Crippen LogP contribution in [0.4, 0.5) is 4.39 Å². The van der Waals surface area contributed by atoms with Gasteiger partial charge in [-0.3, -0.25) is 38.4 Å². The van der Waals surface area contributed by atoms with E-state index in [9.17, 15) is 71.6 Å². The molecule has 67 heavy (non-hydrogen) atoms. The minimum Gasteiger partial charge on any atom is -0.481 e. The molecule has 0 bridgehead atoms. The lowest BCUT2D eigenvalue weighted by Gasteiger charge is -2.25. The lowest BCUT2D eigenvalue weighted by atomic mass is 10.0. The number of sulfonamides is 1. The number of amides is 6. The van der Waals surface area contributed by atoms with E-state index in [0.717, 1.165) is 12.1 Å². The zero-order valence-corrected chi connectivity index (χ0v) is 36.7. The molecule has 0 fully saturated rings. The van der Waals surface area contributed by atoms with Crippen LogP contribution in [0, 0.1) is 12.7 Å². The molecule has 0 saturated heterocycles. The van der Waals surface area contributed by atoms with Gasteiger partial charge in [0.25, 0.3) is 0 Å². The molecule has 22 nitrogen and oxygen atoms in total. The lowest BCUT2D eigenvalue weighted by molar-refractivity contribution is -0.140. The number of aliphatic carboxylic acids is 2. The summed E-state index contributed by atoms with van der Waals surface area (Å²) in [7, 11) is -4.50. The minimum atomic E-state index is -4.50. The molecule has 5 unspecified atom stereocenters. The number of hydrogen-bond donors (Lipinski definition) is 12. The van der Waals surface area contributed by atoms with E-state index in [-0.39, 0.29) is 36.1 Å². The van der Waals surface area contributed by atoms with Crippen LogP contribution >= 0.6 is 0 Å². The molecule has 5 atom stereocenters. The number of primary amides is 1. The molecule has 0 saturated carbocycles. The highest BCUT2D eigenvalue weighted by atomic mass is 32.2. The van der Waals surface area contributed by atoms with Gasteiger partial charge in [-0.15, -0.1) is 0 Å². The van der Waals surface area contributed by atoms with Gasteiger partial charge in [0.2, 0.25) is 45.5 Å². The Bertz CT molecular complexity index is 2550. The summed E-state index contributed by atoms with van der Waals surface area (Å²) < 4.78 is 42.4. The summed E-state index contributed by atoms with van der Waals surface area (Å²) in [5.41, 5.74) is 7.59. The number of aryl methyl sites for hydroxylation is 1. The van der Waals surface area contributed by atoms with Crippen LogP contribution in [0.5, 0.6) is 0 Å². The van der Waals surface area contributed by atoms with E-state index in [0.29, 0.717) is 22.0 Å². The quantitative estimate of drug-likeness (QED) is 0.0327. The van der Waals surface area contributed by atoms with E-state index in [1.807, 2.05) is 4.72 Å². The Morgan fingerprint density at radius 1 is 0.701 bits per heavy atom. The van der Waals surface area contributed by atoms with Gasteiger partial charge in [0.05, 0.1) is 17.9 Å². The standard InChI is InChI=1S/C43H51FN8O14S/c1-23-9-11-27(12-10-23)67(65,66)52-34(20-38(58)59)43(64)50-31(14-16-37(56)57)40(61)47-22-35(53)48-32(18-24-5-4-6-26(44)17-24)41(62)51-33(19-25-21-46-29-8-3-2-7-28(25)29)42(63)49-30(39(45)60)13-15-36(54)55/h2-12,17,21,30-34,36,46,52,54-55H,13-16,18-20,22H2,1H3,(H2,45,60)(H,47,61)(H,48,53)(H,49,63)(H,50,64)(H,51,62)(H,56,57)(H,58,59). The predicted octanol–water partition coefficient (Wildman–Crippen LogP) is -1.28. The predicted molar refractivity (Wildman–Crippen MR) is 234 cm³/mol. The number of rotatable bonds is 26. The van der Waals surface area contributed by atoms with Crippen molar-refractivity contribution in [3.63, 3.8) is 0 Å². The number of nitrogens with two attached hydrogens (primary N) is 1. The molecule has 1 heterocycles. The lowest BCUT2D eigenvalue weighted by Crippen LogP contribution is -2.58. The van der Waals surface area contributed by atoms with Crippen LogP contribution in [-0.4, -0.2) is 124 Å². The Labute approximate surface area is 382 Å². The average Bonchev–Trinajstić information content (AvgIpc) is 3.66. The molecular formula is C43H51FN8O14S. The van der Waals surface area contributed by atoms with Crippen molar-refractivity contribution < 1.29 is 71.6 Å². The molecule has 3 aromatic carbocycles. The van der Waals surface area contributed by atoms with Gasteiger partial charge in [0.15, 0.2) is 6.29 Å². The van der Waals surface area contributed by atoms with Crippen LogP contribution in [0.15, 0.2) is 83.9 Å². The van der Waals surface area contributed by atoms with Gasteiger partial charge in [-0.2, -0.15) is 4.72 Å². The second kappa shape index (κ2) is 24.3. The molecule has 0 aliphatic rings. The van der Waals surface area contributed by atoms with Crippen LogP contribution in [0.25, 0.3) is 10.9 Å². The van der Waals surface area contributed by atoms with Crippen LogP contribution in [-0.2, 0) is 61.2 Å². The zero-order valence-electron chi connectivity index (χ0n) is 35.9. The monoisotopic (exact) mass is 954 g/mol. The maximum atomic E-state index is 14.3. The maximum Gasteiger partial charge on any atom is 0.305 e. The number of hydrogen-bond acceptors (Lipinski definition) is 12. The fourth-order valence-corrected chi connectivity index (χ4v) is 7.86. The van der Waals surface area contributed by atoms with E-state index >= 15 is 0 Å². The number of carboxylic acid groups (broad SMARTS) is 2. The van der Waals surface area contributed by atoms with Gasteiger partial charge in [-0.1, -0.05) is 48.0 Å². The van der Waals surface area contributed by atoms with Crippen molar-refractivity contribution in [1.82, 2.24) is 36.3 Å². The highest BCUT2D eigenvalue weighted by Gasteiger charge is 2.33. The van der Waals surface area contributed by atoms with Gasteiger partial charge in [-0.25, -0.2) is 12.8 Å². The third-order valence-corrected chi connectivity index (χ3v) is 11.6. The molecular weight excluding hydrogens is 904 g/mol. The number of halogens is 1. The minimum absolute atomic E-state index is 0.198. The van der Waals surface area contributed by atoms with Crippen molar-refractivity contribution in [2.45, 2.75) is 93.3 Å². The van der Waals surface area contributed by atoms with E-state index in [4.69, 9.17) is 5.73 Å². The van der Waals surface area contributed by atoms with E-state index in [1.165, 1.54) is 36.4 Å². The SMILES string of the molecule is Cc1ccc(S(=O)(=O)NC(CC(=O)O)C(=O)NC(CCC(=O)O)C(=O)NCC(=O)NC(Cc2cccc(F)c2)C(=O)NC(Cc2c[nH]c3ccccc23)C(=O)NC(CCC(O)O)C(N)=O)cc1. The summed E-state index contributed by atoms with van der Waals surface area (Å²) in [6.07, 6.45) is -3.89. The number of H-pyrrole nitrogens is 1. The third kappa shape index (κ3) is 16.6. The van der Waals surface area contributed by atoms with Crippen molar-refractivity contribution in [2.24, 2.45) is 5.73 Å². The van der Waals surface area contributed by atoms with Crippen molar-refractivity contribution in [2.75, 3.05) is 6.54 Å². The fraction of sp³-hybridized carbons (Fsp3) is 0.349. The number of carbonyl (C=O) groups is 8. The number of carboxylic acids is 2. The maximum absolute atomic E-state index is 14.3. The van der Waals surface area contributed by atoms with E-state index in [1.54, 1.807) is 37.4 Å². The highest BCUT2D eigenvalue weighted by Crippen LogP contribution is 2.20. The Morgan fingerprint density at radius 2 is 1.33 bits per heavy atom. The molecule has 6 amide bonds. The van der Waals surface area contributed by atoms with Crippen LogP contribution in [0.1, 0.15) is 48.8 Å². The number of aliphatic hydroxyl groups is 2. The Morgan fingerprint density at radius 3 is 1.96 bits per heavy atom. The number of aliphatic hydroxyl groups excluding tert-OH is 1. The number of aromatic nitrogens is 1. The molecule has 360 valence electrons. The second-order valence-electron chi connectivity index (χ2n) is 15.4. The second-order valence-corrected chi connectivity index (χ2v) is 17.1. The third-order valence-electron chi connectivity index (χ3n) is 10.1. The average molecular weight is 955 g/mol. The molecule has 4 rings (SSSR count). The summed E-state index contributed by atoms with van der Waals surface area (Å²) in [5, 5.41) is 49.9. The first-order valence-corrected chi connectivity index (χ1v) is 22.1. The molecule has 4 aromatic rings. The molecule has 24 heteroatoms. The Kier molecular flexibility index (Phi) is 19.0. The van der Waals surface area contributed by atoms with Crippen molar-refractivity contribution in [1.29, 1.82) is 0 Å². The number of nitrogens with one attached hydrogen (secondary N) is 7. The molecule has 0 spiro atoms. The zero-order chi connectivity index (χ0) is 49.4. The number of benzene rings is 3. The summed E-state index contributed by atoms with van der Waals surface area (Å²) >= 11 is 0. The van der Waals surface area contributed by atoms with Gasteiger partial charge in [-0.05, 0) is 61.2 Å². The van der Waals surface area contributed by atoms with E-state index < -0.39 is 126 Å². The first-order chi connectivity index (χ1) is 31.6. The first kappa shape index (κ1) is 52.3. The largest absolute Gasteiger partial charge is 0.481 e. The van der Waals surface area contributed by atoms with Crippen molar-refractivity contribution in [3.05, 3.63) is 102 Å². The van der Waals surface area contributed by atoms with E-state index in [2.05, 4.69) is 31.6 Å². The van der Waals surface area contributed by atoms with Crippen molar-refractivity contribution in [3.8, 4) is 0 Å². The number of fused-ring (bicyclic) bond motifs is 1. The summed E-state index contributed by atoms with van der Waals surface area (Å²) in [6.45, 7) is 0.757. The smallest absolute Gasteiger partial charge is 0.305 e. The van der Waals surface area contributed by atoms with Gasteiger partial charge >= 0.3 is 11.9 Å². The molecule has 0 aliphatic heterocycles. The van der Waals surface area contributed by atoms with Crippen LogP contribution < -0.4 is 37.0 Å². The van der Waals surface area contributed by atoms with Gasteiger partial charge in [0.1, 0.15) is 36.0 Å². The van der Waals surface area contributed by atoms with Crippen LogP contribution in [0.2, 0.25) is 0 Å². The number of carbonyl (C=O) groups excluding carboxylic acids is 6. The molecule has 0 radical (unpaired) electrons. The fourth-order valence-electron chi connectivity index (χ4n) is 6.66. The summed E-state index contributed by atoms with van der Waals surface area (Å²) in [4.78, 5) is 106. The van der Waals surface area contributed by atoms with Crippen molar-refractivity contribution >= 4 is 68.3 Å². The Balaban J connectivity index is 1.55. The molecule has 13 N–H and O–H groups in total. The molecule has 0 aliphatic carbocycles. The van der Waals surface area contributed by atoms with Gasteiger partial charge < -0.3 is 57.7 Å². The Hall–Kier alpha value is -7.28. The topological polar surface area (TPSA) is 366 Å². The first-order valence-electron chi connectivity index (χ1n) is 20.6. The summed E-state index contributed by atoms with van der Waals surface area (Å²) in [6, 6.07) is 9.07. The highest BCUT2D eigenvalue weighted by molar-refractivity contribution is 7.89. The molecule has 1 aromatic heterocycles. The normalized spacial score (nSPS) is 13.6.